The van der Waals surface area contributed by atoms with Crippen molar-refractivity contribution in [2.45, 2.75) is 43.7 Å². The lowest BCUT2D eigenvalue weighted by molar-refractivity contribution is -0.160. The number of hydrogen-bond acceptors (Lipinski definition) is 4. The first-order chi connectivity index (χ1) is 13.3. The molecule has 0 bridgehead atoms. The summed E-state index contributed by atoms with van der Waals surface area (Å²) in [5, 5.41) is 9.41. The van der Waals surface area contributed by atoms with Gasteiger partial charge in [0.15, 0.2) is 0 Å². The van der Waals surface area contributed by atoms with Gasteiger partial charge in [0.25, 0.3) is 0 Å². The lowest BCUT2D eigenvalue weighted by Gasteiger charge is -2.38. The Bertz CT molecular complexity index is 782. The average molecular weight is 518 g/mol. The van der Waals surface area contributed by atoms with Crippen LogP contribution in [-0.2, 0) is 20.7 Å². The number of amides is 2. The Morgan fingerprint density at radius 1 is 1.18 bits per heavy atom. The number of hydrogen-bond donors (Lipinski definition) is 1. The van der Waals surface area contributed by atoms with Crippen LogP contribution in [0.5, 0.6) is 0 Å². The first-order valence-corrected chi connectivity index (χ1v) is 10.7. The number of carbonyl (C=O) groups is 3. The van der Waals surface area contributed by atoms with Gasteiger partial charge in [-0.15, -0.1) is 0 Å². The molecule has 2 fully saturated rings. The lowest BCUT2D eigenvalue weighted by atomic mass is 9.87. The average Bonchev–Trinajstić information content (AvgIpc) is 3.27. The fraction of sp³-hybridized carbons (Fsp3) is 0.526. The Balaban J connectivity index is 1.95. The fourth-order valence-corrected chi connectivity index (χ4v) is 5.73. The molecule has 2 saturated heterocycles. The predicted octanol–water partition coefficient (Wildman–Crippen LogP) is 3.43. The third-order valence-electron chi connectivity index (χ3n) is 5.52. The maximum atomic E-state index is 13.3. The van der Waals surface area contributed by atoms with E-state index in [9.17, 15) is 19.5 Å². The Labute approximate surface area is 180 Å². The van der Waals surface area contributed by atoms with Gasteiger partial charge in [-0.25, -0.2) is 9.59 Å². The Hall–Kier alpha value is -1.61. The maximum Gasteiger partial charge on any atom is 0.407 e. The highest BCUT2D eigenvalue weighted by molar-refractivity contribution is 9.11. The van der Waals surface area contributed by atoms with Crippen molar-refractivity contribution in [2.24, 2.45) is 0 Å². The molecule has 1 N–H and O–H groups in total. The summed E-state index contributed by atoms with van der Waals surface area (Å²) in [5.74, 6) is -0.772. The largest absolute Gasteiger partial charge is 0.467 e. The minimum absolute atomic E-state index is 0.308. The molecule has 2 atom stereocenters. The molecule has 2 heterocycles. The number of halogens is 2. The second kappa shape index (κ2) is 8.41. The predicted molar refractivity (Wildman–Crippen MR) is 109 cm³/mol. The van der Waals surface area contributed by atoms with E-state index in [4.69, 9.17) is 4.74 Å². The van der Waals surface area contributed by atoms with Gasteiger partial charge in [0.1, 0.15) is 11.6 Å². The van der Waals surface area contributed by atoms with Crippen molar-refractivity contribution in [3.8, 4) is 0 Å². The topological polar surface area (TPSA) is 87.2 Å². The van der Waals surface area contributed by atoms with Gasteiger partial charge < -0.3 is 14.7 Å². The molecule has 9 heteroatoms. The molecular formula is C19H22Br2N2O5. The van der Waals surface area contributed by atoms with Gasteiger partial charge in [-0.05, 0) is 49.4 Å². The molecule has 0 saturated carbocycles. The van der Waals surface area contributed by atoms with E-state index in [2.05, 4.69) is 31.9 Å². The molecule has 0 radical (unpaired) electrons. The number of carbonyl (C=O) groups excluding carboxylic acids is 2. The summed E-state index contributed by atoms with van der Waals surface area (Å²) in [7, 11) is 1.32. The highest BCUT2D eigenvalue weighted by Gasteiger charge is 2.53. The molecule has 2 amide bonds. The number of carboxylic acid groups (broad SMARTS) is 1. The van der Waals surface area contributed by atoms with Gasteiger partial charge in [0, 0.05) is 28.5 Å². The molecule has 7 nitrogen and oxygen atoms in total. The van der Waals surface area contributed by atoms with E-state index in [-0.39, 0.29) is 5.91 Å². The van der Waals surface area contributed by atoms with E-state index in [1.807, 2.05) is 18.2 Å². The molecule has 1 aromatic carbocycles. The van der Waals surface area contributed by atoms with Crippen LogP contribution in [0.2, 0.25) is 0 Å². The van der Waals surface area contributed by atoms with Gasteiger partial charge >= 0.3 is 12.1 Å². The van der Waals surface area contributed by atoms with Crippen LogP contribution in [0.15, 0.2) is 27.1 Å². The maximum absolute atomic E-state index is 13.3. The molecule has 0 aromatic heterocycles. The first-order valence-electron chi connectivity index (χ1n) is 9.13. The minimum Gasteiger partial charge on any atom is -0.467 e. The van der Waals surface area contributed by atoms with Crippen molar-refractivity contribution in [2.75, 3.05) is 20.2 Å². The van der Waals surface area contributed by atoms with Crippen LogP contribution in [0.3, 0.4) is 0 Å². The van der Waals surface area contributed by atoms with E-state index in [0.717, 1.165) is 14.5 Å². The van der Waals surface area contributed by atoms with Gasteiger partial charge in [-0.2, -0.15) is 0 Å². The van der Waals surface area contributed by atoms with E-state index in [0.29, 0.717) is 45.2 Å². The molecule has 3 rings (SSSR count). The summed E-state index contributed by atoms with van der Waals surface area (Å²) >= 11 is 6.91. The van der Waals surface area contributed by atoms with E-state index in [1.54, 1.807) is 4.90 Å². The Kier molecular flexibility index (Phi) is 6.34. The van der Waals surface area contributed by atoms with Crippen LogP contribution in [-0.4, -0.2) is 64.7 Å². The van der Waals surface area contributed by atoms with Crippen LogP contribution in [0.1, 0.15) is 31.2 Å². The number of nitrogens with zero attached hydrogens (tertiary/aromatic N) is 2. The van der Waals surface area contributed by atoms with Crippen LogP contribution >= 0.6 is 31.9 Å². The molecular weight excluding hydrogens is 496 g/mol. The van der Waals surface area contributed by atoms with E-state index < -0.39 is 23.6 Å². The number of methoxy groups -OCH3 is 1. The van der Waals surface area contributed by atoms with Crippen molar-refractivity contribution in [3.05, 3.63) is 32.7 Å². The summed E-state index contributed by atoms with van der Waals surface area (Å²) in [4.78, 5) is 40.4. The van der Waals surface area contributed by atoms with Crippen molar-refractivity contribution >= 4 is 49.8 Å². The summed E-state index contributed by atoms with van der Waals surface area (Å²) in [6.07, 6.45) is 1.46. The van der Waals surface area contributed by atoms with Gasteiger partial charge in [0.05, 0.1) is 7.11 Å². The number of likely N-dealkylation sites (tertiary alicyclic amines) is 2. The summed E-state index contributed by atoms with van der Waals surface area (Å²) in [5.41, 5.74) is -0.244. The fourth-order valence-electron chi connectivity index (χ4n) is 4.34. The Morgan fingerprint density at radius 3 is 2.46 bits per heavy atom. The van der Waals surface area contributed by atoms with E-state index in [1.165, 1.54) is 12.0 Å². The third kappa shape index (κ3) is 3.91. The highest BCUT2D eigenvalue weighted by Crippen LogP contribution is 2.37. The quantitative estimate of drug-likeness (QED) is 0.618. The molecule has 2 unspecified atom stereocenters. The SMILES string of the molecule is COC(=O)C1(Cc2cc(Br)cc(Br)c2)CCCN1C(=O)C1CCCN1C(=O)O. The lowest BCUT2D eigenvalue weighted by Crippen LogP contribution is -2.59. The normalized spacial score (nSPS) is 24.5. The molecule has 0 spiro atoms. The third-order valence-corrected chi connectivity index (χ3v) is 6.44. The number of ether oxygens (including phenoxy) is 1. The second-order valence-electron chi connectivity index (χ2n) is 7.21. The summed E-state index contributed by atoms with van der Waals surface area (Å²) < 4.78 is 6.82. The molecule has 152 valence electrons. The van der Waals surface area contributed by atoms with Gasteiger partial charge in [-0.1, -0.05) is 31.9 Å². The number of benzene rings is 1. The number of esters is 1. The van der Waals surface area contributed by atoms with Crippen molar-refractivity contribution in [1.29, 1.82) is 0 Å². The van der Waals surface area contributed by atoms with Crippen LogP contribution < -0.4 is 0 Å². The van der Waals surface area contributed by atoms with Crippen LogP contribution in [0.25, 0.3) is 0 Å². The van der Waals surface area contributed by atoms with Crippen molar-refractivity contribution in [3.63, 3.8) is 0 Å². The first kappa shape index (κ1) is 21.1. The zero-order valence-corrected chi connectivity index (χ0v) is 18.7. The van der Waals surface area contributed by atoms with Gasteiger partial charge in [0.2, 0.25) is 5.91 Å². The molecule has 28 heavy (non-hydrogen) atoms. The zero-order valence-electron chi connectivity index (χ0n) is 15.5. The standard InChI is InChI=1S/C19H22Br2N2O5/c1-28-17(25)19(11-12-8-13(20)10-14(21)9-12)5-3-7-23(19)16(24)15-4-2-6-22(15)18(26)27/h8-10,15H,2-7,11H2,1H3,(H,26,27). The summed E-state index contributed by atoms with van der Waals surface area (Å²) in [6.45, 7) is 0.746. The number of rotatable bonds is 4. The zero-order chi connectivity index (χ0) is 20.5. The summed E-state index contributed by atoms with van der Waals surface area (Å²) in [6, 6.07) is 4.98. The second-order valence-corrected chi connectivity index (χ2v) is 9.04. The monoisotopic (exact) mass is 516 g/mol. The Morgan fingerprint density at radius 2 is 1.86 bits per heavy atom. The smallest absolute Gasteiger partial charge is 0.407 e. The van der Waals surface area contributed by atoms with Gasteiger partial charge in [-0.3, -0.25) is 9.69 Å². The molecule has 1 aromatic rings. The van der Waals surface area contributed by atoms with E-state index >= 15 is 0 Å². The highest BCUT2D eigenvalue weighted by atomic mass is 79.9. The molecule has 2 aliphatic heterocycles. The minimum atomic E-state index is -1.13. The van der Waals surface area contributed by atoms with Crippen molar-refractivity contribution < 1.29 is 24.2 Å². The van der Waals surface area contributed by atoms with Crippen molar-refractivity contribution in [1.82, 2.24) is 9.80 Å². The van der Waals surface area contributed by atoms with Crippen LogP contribution in [0.4, 0.5) is 4.79 Å². The molecule has 0 aliphatic carbocycles. The van der Waals surface area contributed by atoms with Crippen LogP contribution in [0, 0.1) is 0 Å². The molecule has 2 aliphatic rings.